The molecule has 0 aliphatic carbocycles. The Bertz CT molecular complexity index is 1240. The fourth-order valence-corrected chi connectivity index (χ4v) is 3.22. The number of H-pyrrole nitrogens is 1. The molecule has 0 bridgehead atoms. The van der Waals surface area contributed by atoms with Crippen molar-refractivity contribution in [2.24, 2.45) is 0 Å². The Morgan fingerprint density at radius 3 is 2.72 bits per heavy atom. The highest BCUT2D eigenvalue weighted by Gasteiger charge is 2.18. The van der Waals surface area contributed by atoms with Crippen molar-refractivity contribution in [1.82, 2.24) is 24.4 Å². The van der Waals surface area contributed by atoms with Crippen molar-refractivity contribution in [3.63, 3.8) is 0 Å². The van der Waals surface area contributed by atoms with Crippen LogP contribution in [0.4, 0.5) is 5.69 Å². The van der Waals surface area contributed by atoms with Gasteiger partial charge in [-0.25, -0.2) is 9.50 Å². The van der Waals surface area contributed by atoms with E-state index in [9.17, 15) is 9.59 Å². The number of hydrogen-bond donors (Lipinski definition) is 2. The van der Waals surface area contributed by atoms with Crippen LogP contribution in [0.3, 0.4) is 0 Å². The van der Waals surface area contributed by atoms with Gasteiger partial charge in [0.2, 0.25) is 0 Å². The molecule has 8 nitrogen and oxygen atoms in total. The summed E-state index contributed by atoms with van der Waals surface area (Å²) < 4.78 is 3.12. The summed E-state index contributed by atoms with van der Waals surface area (Å²) in [6, 6.07) is 10.2. The number of benzene rings is 1. The second-order valence-corrected chi connectivity index (χ2v) is 7.32. The van der Waals surface area contributed by atoms with Gasteiger partial charge in [0.1, 0.15) is 5.56 Å². The molecule has 4 rings (SSSR count). The van der Waals surface area contributed by atoms with E-state index < -0.39 is 0 Å². The van der Waals surface area contributed by atoms with Crippen molar-refractivity contribution in [2.45, 2.75) is 26.3 Å². The molecule has 29 heavy (non-hydrogen) atoms. The van der Waals surface area contributed by atoms with E-state index in [4.69, 9.17) is 11.6 Å². The normalized spacial score (nSPS) is 12.2. The fourth-order valence-electron chi connectivity index (χ4n) is 3.09. The van der Waals surface area contributed by atoms with Gasteiger partial charge in [0, 0.05) is 47.3 Å². The summed E-state index contributed by atoms with van der Waals surface area (Å²) in [4.78, 5) is 29.9. The highest BCUT2D eigenvalue weighted by atomic mass is 35.5. The SMILES string of the molecule is Cc1ccnn1C[C@@H](C)c1cc(=O)n2[nH]cc(C(=O)Nc3ccc(Cl)cc3)c2n1. The van der Waals surface area contributed by atoms with Crippen LogP contribution in [0.1, 0.15) is 34.6 Å². The second-order valence-electron chi connectivity index (χ2n) is 6.88. The topological polar surface area (TPSA) is 97.1 Å². The van der Waals surface area contributed by atoms with Crippen LogP contribution in [0.25, 0.3) is 5.65 Å². The fraction of sp³-hybridized carbons (Fsp3) is 0.200. The van der Waals surface area contributed by atoms with Crippen molar-refractivity contribution in [2.75, 3.05) is 5.32 Å². The van der Waals surface area contributed by atoms with Crippen LogP contribution in [0.15, 0.2) is 53.6 Å². The smallest absolute Gasteiger partial charge is 0.272 e. The maximum Gasteiger partial charge on any atom is 0.272 e. The Kier molecular flexibility index (Phi) is 4.94. The van der Waals surface area contributed by atoms with Gasteiger partial charge in [-0.1, -0.05) is 18.5 Å². The average Bonchev–Trinajstić information content (AvgIpc) is 3.30. The van der Waals surface area contributed by atoms with Gasteiger partial charge >= 0.3 is 0 Å². The zero-order valence-electron chi connectivity index (χ0n) is 15.9. The molecule has 2 N–H and O–H groups in total. The molecule has 3 heterocycles. The van der Waals surface area contributed by atoms with Crippen LogP contribution < -0.4 is 10.9 Å². The summed E-state index contributed by atoms with van der Waals surface area (Å²) >= 11 is 5.88. The molecular weight excluding hydrogens is 392 g/mol. The summed E-state index contributed by atoms with van der Waals surface area (Å²) in [6.07, 6.45) is 3.21. The molecule has 0 radical (unpaired) electrons. The lowest BCUT2D eigenvalue weighted by molar-refractivity contribution is 0.102. The number of aromatic amines is 1. The number of carbonyl (C=O) groups is 1. The van der Waals surface area contributed by atoms with E-state index in [1.807, 2.05) is 24.6 Å². The maximum absolute atomic E-state index is 12.7. The number of anilines is 1. The lowest BCUT2D eigenvalue weighted by Crippen LogP contribution is -2.20. The highest BCUT2D eigenvalue weighted by molar-refractivity contribution is 6.30. The van der Waals surface area contributed by atoms with E-state index in [0.29, 0.717) is 22.9 Å². The Balaban J connectivity index is 1.65. The van der Waals surface area contributed by atoms with Crippen LogP contribution in [0, 0.1) is 6.92 Å². The van der Waals surface area contributed by atoms with Crippen LogP contribution in [0.5, 0.6) is 0 Å². The number of carbonyl (C=O) groups excluding carboxylic acids is 1. The van der Waals surface area contributed by atoms with Gasteiger partial charge in [0.25, 0.3) is 11.5 Å². The lowest BCUT2D eigenvalue weighted by atomic mass is 10.1. The van der Waals surface area contributed by atoms with Crippen molar-refractivity contribution < 1.29 is 4.79 Å². The summed E-state index contributed by atoms with van der Waals surface area (Å²) in [7, 11) is 0. The molecule has 3 aromatic heterocycles. The van der Waals surface area contributed by atoms with Crippen molar-refractivity contribution >= 4 is 28.8 Å². The third-order valence-corrected chi connectivity index (χ3v) is 5.00. The van der Waals surface area contributed by atoms with Crippen LogP contribution in [-0.2, 0) is 6.54 Å². The molecule has 1 atom stereocenters. The molecule has 4 aromatic rings. The molecule has 0 spiro atoms. The molecule has 1 amide bonds. The first kappa shape index (κ1) is 18.9. The van der Waals surface area contributed by atoms with Crippen molar-refractivity contribution in [3.8, 4) is 0 Å². The Hall–Kier alpha value is -3.39. The maximum atomic E-state index is 12.7. The minimum absolute atomic E-state index is 0.0617. The Labute approximate surface area is 171 Å². The quantitative estimate of drug-likeness (QED) is 0.527. The van der Waals surface area contributed by atoms with E-state index >= 15 is 0 Å². The summed E-state index contributed by atoms with van der Waals surface area (Å²) in [5.74, 6) is -0.431. The van der Waals surface area contributed by atoms with Crippen molar-refractivity contribution in [1.29, 1.82) is 0 Å². The van der Waals surface area contributed by atoms with E-state index in [1.54, 1.807) is 30.5 Å². The third-order valence-electron chi connectivity index (χ3n) is 4.74. The number of halogens is 1. The first-order valence-corrected chi connectivity index (χ1v) is 9.46. The minimum atomic E-state index is -0.370. The summed E-state index contributed by atoms with van der Waals surface area (Å²) in [5.41, 5.74) is 2.51. The van der Waals surface area contributed by atoms with Gasteiger partial charge in [-0.2, -0.15) is 5.10 Å². The number of nitrogens with zero attached hydrogens (tertiary/aromatic N) is 4. The predicted octanol–water partition coefficient (Wildman–Crippen LogP) is 3.24. The molecular formula is C20H19ClN6O2. The third kappa shape index (κ3) is 3.79. The number of amides is 1. The van der Waals surface area contributed by atoms with Crippen LogP contribution in [0.2, 0.25) is 5.02 Å². The monoisotopic (exact) mass is 410 g/mol. The lowest BCUT2D eigenvalue weighted by Gasteiger charge is -2.12. The molecule has 148 valence electrons. The standard InChI is InChI=1S/C20H19ClN6O2/c1-12(11-26-13(2)7-8-22-26)17-9-18(28)27-19(25-17)16(10-23-27)20(29)24-15-5-3-14(21)4-6-15/h3-10,12,23H,11H2,1-2H3,(H,24,29)/t12-/m1/s1. The molecule has 9 heteroatoms. The van der Waals surface area contributed by atoms with Crippen molar-refractivity contribution in [3.05, 3.63) is 81.1 Å². The number of fused-ring (bicyclic) bond motifs is 1. The van der Waals surface area contributed by atoms with Gasteiger partial charge in [-0.3, -0.25) is 19.4 Å². The number of nitrogens with one attached hydrogen (secondary N) is 2. The second kappa shape index (κ2) is 7.56. The van der Waals surface area contributed by atoms with Crippen LogP contribution >= 0.6 is 11.6 Å². The minimum Gasteiger partial charge on any atom is -0.322 e. The number of hydrogen-bond acceptors (Lipinski definition) is 4. The molecule has 0 aliphatic rings. The Morgan fingerprint density at radius 1 is 1.28 bits per heavy atom. The number of rotatable bonds is 5. The Morgan fingerprint density at radius 2 is 2.03 bits per heavy atom. The summed E-state index contributed by atoms with van der Waals surface area (Å²) in [6.45, 7) is 4.52. The van der Waals surface area contributed by atoms with Gasteiger partial charge < -0.3 is 5.32 Å². The van der Waals surface area contributed by atoms with Gasteiger partial charge in [0.15, 0.2) is 5.65 Å². The average molecular weight is 411 g/mol. The van der Waals surface area contributed by atoms with Gasteiger partial charge in [-0.15, -0.1) is 0 Å². The molecule has 0 saturated heterocycles. The highest BCUT2D eigenvalue weighted by Crippen LogP contribution is 2.18. The molecule has 0 saturated carbocycles. The van der Waals surface area contributed by atoms with Gasteiger partial charge in [-0.05, 0) is 37.3 Å². The first-order chi connectivity index (χ1) is 13.9. The number of aromatic nitrogens is 5. The van der Waals surface area contributed by atoms with Crippen LogP contribution in [-0.4, -0.2) is 30.3 Å². The van der Waals surface area contributed by atoms with E-state index in [-0.39, 0.29) is 28.6 Å². The number of aryl methyl sites for hydroxylation is 1. The largest absolute Gasteiger partial charge is 0.322 e. The first-order valence-electron chi connectivity index (χ1n) is 9.09. The van der Waals surface area contributed by atoms with E-state index in [0.717, 1.165) is 5.69 Å². The van der Waals surface area contributed by atoms with E-state index in [2.05, 4.69) is 20.5 Å². The predicted molar refractivity (Wildman–Crippen MR) is 111 cm³/mol. The molecule has 0 unspecified atom stereocenters. The molecule has 0 fully saturated rings. The zero-order valence-corrected chi connectivity index (χ0v) is 16.6. The van der Waals surface area contributed by atoms with Gasteiger partial charge in [0.05, 0.1) is 5.69 Å². The molecule has 1 aromatic carbocycles. The van der Waals surface area contributed by atoms with E-state index in [1.165, 1.54) is 16.8 Å². The molecule has 0 aliphatic heterocycles. The zero-order chi connectivity index (χ0) is 20.5. The summed E-state index contributed by atoms with van der Waals surface area (Å²) in [5, 5.41) is 10.4.